The van der Waals surface area contributed by atoms with Gasteiger partial charge in [0.15, 0.2) is 0 Å². The lowest BCUT2D eigenvalue weighted by Crippen LogP contribution is -2.38. The maximum absolute atomic E-state index is 13.6. The third-order valence-electron chi connectivity index (χ3n) is 5.73. The predicted molar refractivity (Wildman–Crippen MR) is 107 cm³/mol. The number of carbonyl (C=O) groups is 1. The normalized spacial score (nSPS) is 15.5. The molecule has 0 radical (unpaired) electrons. The summed E-state index contributed by atoms with van der Waals surface area (Å²) in [7, 11) is 0. The van der Waals surface area contributed by atoms with E-state index < -0.39 is 6.43 Å². The van der Waals surface area contributed by atoms with E-state index in [2.05, 4.69) is 22.2 Å². The van der Waals surface area contributed by atoms with Crippen molar-refractivity contribution in [3.05, 3.63) is 40.5 Å². The Morgan fingerprint density at radius 1 is 1.27 bits per heavy atom. The molecule has 4 heterocycles. The SMILES string of the molecule is CCCn1cc(C(=O)N2CCC(c3cc(C(F)F)c4c(C)noc4n3)CC2)c(C)n1. The molecule has 160 valence electrons. The van der Waals surface area contributed by atoms with Gasteiger partial charge in [-0.15, -0.1) is 0 Å². The van der Waals surface area contributed by atoms with Crippen LogP contribution in [0.15, 0.2) is 16.8 Å². The van der Waals surface area contributed by atoms with Gasteiger partial charge in [-0.2, -0.15) is 5.10 Å². The zero-order valence-electron chi connectivity index (χ0n) is 17.4. The van der Waals surface area contributed by atoms with E-state index in [9.17, 15) is 13.6 Å². The van der Waals surface area contributed by atoms with Gasteiger partial charge in [0.05, 0.1) is 22.3 Å². The molecule has 0 unspecified atom stereocenters. The molecule has 1 amide bonds. The summed E-state index contributed by atoms with van der Waals surface area (Å²) in [5.74, 6) is -0.0406. The van der Waals surface area contributed by atoms with Crippen LogP contribution >= 0.6 is 0 Å². The first-order chi connectivity index (χ1) is 14.4. The summed E-state index contributed by atoms with van der Waals surface area (Å²) in [5, 5.41) is 8.49. The highest BCUT2D eigenvalue weighted by atomic mass is 19.3. The molecule has 0 aromatic carbocycles. The largest absolute Gasteiger partial charge is 0.338 e. The summed E-state index contributed by atoms with van der Waals surface area (Å²) in [4.78, 5) is 19.2. The topological polar surface area (TPSA) is 77.0 Å². The standard InChI is InChI=1S/C21H25F2N5O2/c1-4-7-28-11-16(12(2)25-28)21(29)27-8-5-14(6-9-27)17-10-15(19(22)23)18-13(3)26-30-20(18)24-17/h10-11,14,19H,4-9H2,1-3H3. The van der Waals surface area contributed by atoms with Gasteiger partial charge in [0.1, 0.15) is 0 Å². The zero-order chi connectivity index (χ0) is 21.4. The minimum absolute atomic E-state index is 0.00901. The molecular formula is C21H25F2N5O2. The molecule has 30 heavy (non-hydrogen) atoms. The second-order valence-electron chi connectivity index (χ2n) is 7.84. The van der Waals surface area contributed by atoms with Crippen molar-refractivity contribution < 1.29 is 18.1 Å². The summed E-state index contributed by atoms with van der Waals surface area (Å²) in [6.07, 6.45) is 1.44. The van der Waals surface area contributed by atoms with Crippen molar-refractivity contribution in [3.63, 3.8) is 0 Å². The number of hydrogen-bond donors (Lipinski definition) is 0. The van der Waals surface area contributed by atoms with Crippen LogP contribution in [0.1, 0.15) is 71.5 Å². The first kappa shape index (κ1) is 20.4. The van der Waals surface area contributed by atoms with E-state index in [-0.39, 0.29) is 23.1 Å². The molecule has 1 saturated heterocycles. The molecule has 0 aliphatic carbocycles. The van der Waals surface area contributed by atoms with Crippen LogP contribution in [-0.4, -0.2) is 43.8 Å². The van der Waals surface area contributed by atoms with Gasteiger partial charge < -0.3 is 9.42 Å². The lowest BCUT2D eigenvalue weighted by atomic mass is 9.91. The van der Waals surface area contributed by atoms with Crippen LogP contribution in [0.4, 0.5) is 8.78 Å². The highest BCUT2D eigenvalue weighted by Gasteiger charge is 2.29. The lowest BCUT2D eigenvalue weighted by molar-refractivity contribution is 0.0711. The Bertz CT molecular complexity index is 1070. The quantitative estimate of drug-likeness (QED) is 0.615. The van der Waals surface area contributed by atoms with Crippen molar-refractivity contribution in [2.75, 3.05) is 13.1 Å². The van der Waals surface area contributed by atoms with Crippen LogP contribution < -0.4 is 0 Å². The second-order valence-corrected chi connectivity index (χ2v) is 7.84. The number of likely N-dealkylation sites (tertiary alicyclic amines) is 1. The number of fused-ring (bicyclic) bond motifs is 1. The fraction of sp³-hybridized carbons (Fsp3) is 0.524. The number of pyridine rings is 1. The number of piperidine rings is 1. The minimum Gasteiger partial charge on any atom is -0.338 e. The van der Waals surface area contributed by atoms with Crippen LogP contribution in [0, 0.1) is 13.8 Å². The molecule has 1 fully saturated rings. The average molecular weight is 417 g/mol. The number of nitrogens with zero attached hydrogens (tertiary/aromatic N) is 5. The third kappa shape index (κ3) is 3.68. The van der Waals surface area contributed by atoms with Crippen molar-refractivity contribution in [1.82, 2.24) is 24.8 Å². The molecule has 0 bridgehead atoms. The van der Waals surface area contributed by atoms with E-state index >= 15 is 0 Å². The minimum atomic E-state index is -2.63. The second kappa shape index (κ2) is 8.12. The fourth-order valence-electron chi connectivity index (χ4n) is 4.15. The van der Waals surface area contributed by atoms with Crippen LogP contribution in [0.5, 0.6) is 0 Å². The molecule has 3 aromatic rings. The van der Waals surface area contributed by atoms with Crippen molar-refractivity contribution in [1.29, 1.82) is 0 Å². The Labute approximate surface area is 173 Å². The molecule has 1 aliphatic rings. The zero-order valence-corrected chi connectivity index (χ0v) is 17.4. The summed E-state index contributed by atoms with van der Waals surface area (Å²) in [6, 6.07) is 1.47. The molecule has 7 nitrogen and oxygen atoms in total. The number of aryl methyl sites for hydroxylation is 3. The number of rotatable bonds is 5. The van der Waals surface area contributed by atoms with Crippen molar-refractivity contribution in [3.8, 4) is 0 Å². The van der Waals surface area contributed by atoms with Gasteiger partial charge in [0.2, 0.25) is 0 Å². The molecule has 0 saturated carbocycles. The summed E-state index contributed by atoms with van der Waals surface area (Å²) >= 11 is 0. The molecular weight excluding hydrogens is 392 g/mol. The van der Waals surface area contributed by atoms with Gasteiger partial charge in [-0.25, -0.2) is 13.8 Å². The Hall–Kier alpha value is -2.84. The smallest absolute Gasteiger partial charge is 0.264 e. The number of aromatic nitrogens is 4. The average Bonchev–Trinajstić information content (AvgIpc) is 3.29. The van der Waals surface area contributed by atoms with Gasteiger partial charge >= 0.3 is 0 Å². The molecule has 1 aliphatic heterocycles. The highest BCUT2D eigenvalue weighted by Crippen LogP contribution is 2.35. The van der Waals surface area contributed by atoms with Gasteiger partial charge in [-0.1, -0.05) is 12.1 Å². The van der Waals surface area contributed by atoms with E-state index in [0.29, 0.717) is 48.3 Å². The molecule has 4 rings (SSSR count). The fourth-order valence-corrected chi connectivity index (χ4v) is 4.15. The Morgan fingerprint density at radius 3 is 2.67 bits per heavy atom. The van der Waals surface area contributed by atoms with Gasteiger partial charge in [0, 0.05) is 43.0 Å². The van der Waals surface area contributed by atoms with Gasteiger partial charge in [0.25, 0.3) is 18.0 Å². The number of alkyl halides is 2. The van der Waals surface area contributed by atoms with Gasteiger partial charge in [-0.05, 0) is 39.2 Å². The first-order valence-electron chi connectivity index (χ1n) is 10.3. The van der Waals surface area contributed by atoms with Crippen LogP contribution in [0.25, 0.3) is 11.1 Å². The van der Waals surface area contributed by atoms with Crippen molar-refractivity contribution in [2.45, 2.75) is 58.9 Å². The summed E-state index contributed by atoms with van der Waals surface area (Å²) < 4.78 is 34.1. The maximum Gasteiger partial charge on any atom is 0.264 e. The van der Waals surface area contributed by atoms with E-state index in [1.807, 2.05) is 18.0 Å². The van der Waals surface area contributed by atoms with Crippen LogP contribution in [0.2, 0.25) is 0 Å². The van der Waals surface area contributed by atoms with E-state index in [1.165, 1.54) is 6.07 Å². The number of hydrogen-bond acceptors (Lipinski definition) is 5. The monoisotopic (exact) mass is 417 g/mol. The maximum atomic E-state index is 13.6. The molecule has 0 N–H and O–H groups in total. The summed E-state index contributed by atoms with van der Waals surface area (Å²) in [5.41, 5.74) is 2.40. The Balaban J connectivity index is 1.50. The lowest BCUT2D eigenvalue weighted by Gasteiger charge is -2.31. The van der Waals surface area contributed by atoms with E-state index in [4.69, 9.17) is 4.52 Å². The van der Waals surface area contributed by atoms with Crippen molar-refractivity contribution >= 4 is 17.0 Å². The third-order valence-corrected chi connectivity index (χ3v) is 5.73. The molecule has 9 heteroatoms. The first-order valence-corrected chi connectivity index (χ1v) is 10.3. The number of amides is 1. The van der Waals surface area contributed by atoms with Crippen LogP contribution in [-0.2, 0) is 6.54 Å². The van der Waals surface area contributed by atoms with Crippen LogP contribution in [0.3, 0.4) is 0 Å². The number of carbonyl (C=O) groups excluding carboxylic acids is 1. The molecule has 3 aromatic heterocycles. The Kier molecular flexibility index (Phi) is 5.53. The predicted octanol–water partition coefficient (Wildman–Crippen LogP) is 4.40. The van der Waals surface area contributed by atoms with Gasteiger partial charge in [-0.3, -0.25) is 9.48 Å². The van der Waals surface area contributed by atoms with E-state index in [0.717, 1.165) is 18.7 Å². The van der Waals surface area contributed by atoms with E-state index in [1.54, 1.807) is 11.6 Å². The van der Waals surface area contributed by atoms with Crippen molar-refractivity contribution in [2.24, 2.45) is 0 Å². The highest BCUT2D eigenvalue weighted by molar-refractivity contribution is 5.95. The summed E-state index contributed by atoms with van der Waals surface area (Å²) in [6.45, 7) is 7.40. The molecule has 0 spiro atoms. The molecule has 0 atom stereocenters. The Morgan fingerprint density at radius 2 is 2.00 bits per heavy atom. The number of halogens is 2.